The highest BCUT2D eigenvalue weighted by atomic mass is 16.4. The number of oxazole rings is 1. The molecular formula is C19H32N4O2. The first kappa shape index (κ1) is 18.4. The van der Waals surface area contributed by atoms with Crippen molar-refractivity contribution in [3.05, 3.63) is 17.3 Å². The van der Waals surface area contributed by atoms with E-state index >= 15 is 0 Å². The fourth-order valence-electron chi connectivity index (χ4n) is 4.14. The molecule has 140 valence electrons. The molecule has 3 rings (SSSR count). The van der Waals surface area contributed by atoms with Crippen molar-refractivity contribution in [2.24, 2.45) is 11.1 Å². The van der Waals surface area contributed by atoms with Crippen LogP contribution in [0.15, 0.2) is 4.42 Å². The van der Waals surface area contributed by atoms with Crippen molar-refractivity contribution >= 4 is 5.91 Å². The number of amides is 1. The highest BCUT2D eigenvalue weighted by Crippen LogP contribution is 2.38. The van der Waals surface area contributed by atoms with E-state index in [-0.39, 0.29) is 11.3 Å². The van der Waals surface area contributed by atoms with E-state index in [1.807, 2.05) is 18.7 Å². The first-order valence-corrected chi connectivity index (χ1v) is 9.64. The Bertz CT molecular complexity index is 565. The summed E-state index contributed by atoms with van der Waals surface area (Å²) in [6.45, 7) is 8.61. The maximum Gasteiger partial charge on any atom is 0.223 e. The molecule has 0 aromatic carbocycles. The van der Waals surface area contributed by atoms with Gasteiger partial charge in [0.05, 0.1) is 12.2 Å². The van der Waals surface area contributed by atoms with Gasteiger partial charge in [0, 0.05) is 32.6 Å². The molecule has 1 saturated carbocycles. The standard InChI is InChI=1S/C19H32N4O2/c1-15-16(2)25-17(21-15)13-22-8-10-23(11-9-22)18(24)12-19(14-20)6-4-3-5-7-19/h3-14,20H2,1-2H3. The van der Waals surface area contributed by atoms with Crippen molar-refractivity contribution in [3.8, 4) is 0 Å². The molecule has 0 atom stereocenters. The largest absolute Gasteiger partial charge is 0.444 e. The SMILES string of the molecule is Cc1nc(CN2CCN(C(=O)CC3(CN)CCCCC3)CC2)oc1C. The number of nitrogens with two attached hydrogens (primary N) is 1. The van der Waals surface area contributed by atoms with Crippen molar-refractivity contribution in [2.45, 2.75) is 58.9 Å². The maximum absolute atomic E-state index is 12.8. The van der Waals surface area contributed by atoms with Gasteiger partial charge in [-0.1, -0.05) is 19.3 Å². The number of hydrogen-bond donors (Lipinski definition) is 1. The van der Waals surface area contributed by atoms with E-state index in [1.54, 1.807) is 0 Å². The van der Waals surface area contributed by atoms with E-state index in [4.69, 9.17) is 10.2 Å². The zero-order valence-corrected chi connectivity index (χ0v) is 15.7. The van der Waals surface area contributed by atoms with Crippen molar-refractivity contribution in [1.29, 1.82) is 0 Å². The molecule has 2 N–H and O–H groups in total. The molecule has 1 amide bonds. The van der Waals surface area contributed by atoms with E-state index in [2.05, 4.69) is 9.88 Å². The quantitative estimate of drug-likeness (QED) is 0.883. The predicted molar refractivity (Wildman–Crippen MR) is 97.0 cm³/mol. The summed E-state index contributed by atoms with van der Waals surface area (Å²) < 4.78 is 5.67. The Labute approximate surface area is 150 Å². The molecule has 1 aromatic heterocycles. The maximum atomic E-state index is 12.8. The number of carbonyl (C=O) groups excluding carboxylic acids is 1. The minimum absolute atomic E-state index is 0.0552. The van der Waals surface area contributed by atoms with Crippen LogP contribution in [0, 0.1) is 19.3 Å². The van der Waals surface area contributed by atoms with Gasteiger partial charge in [-0.15, -0.1) is 0 Å². The lowest BCUT2D eigenvalue weighted by atomic mass is 9.71. The second-order valence-electron chi connectivity index (χ2n) is 7.85. The number of hydrogen-bond acceptors (Lipinski definition) is 5. The summed E-state index contributed by atoms with van der Waals surface area (Å²) in [4.78, 5) is 21.6. The third kappa shape index (κ3) is 4.42. The van der Waals surface area contributed by atoms with Gasteiger partial charge in [0.2, 0.25) is 11.8 Å². The van der Waals surface area contributed by atoms with Gasteiger partial charge >= 0.3 is 0 Å². The number of carbonyl (C=O) groups is 1. The van der Waals surface area contributed by atoms with Crippen LogP contribution in [0.4, 0.5) is 0 Å². The third-order valence-electron chi connectivity index (χ3n) is 6.03. The zero-order chi connectivity index (χ0) is 17.9. The zero-order valence-electron chi connectivity index (χ0n) is 15.7. The van der Waals surface area contributed by atoms with E-state index in [0.29, 0.717) is 13.0 Å². The van der Waals surface area contributed by atoms with Gasteiger partial charge in [0.25, 0.3) is 0 Å². The fourth-order valence-corrected chi connectivity index (χ4v) is 4.14. The fraction of sp³-hybridized carbons (Fsp3) is 0.789. The molecule has 0 radical (unpaired) electrons. The van der Waals surface area contributed by atoms with Crippen LogP contribution in [0.5, 0.6) is 0 Å². The second kappa shape index (κ2) is 7.87. The summed E-state index contributed by atoms with van der Waals surface area (Å²) in [5.41, 5.74) is 7.06. The Balaban J connectivity index is 1.48. The number of aromatic nitrogens is 1. The lowest BCUT2D eigenvalue weighted by Crippen LogP contribution is -2.50. The monoisotopic (exact) mass is 348 g/mol. The molecule has 0 bridgehead atoms. The van der Waals surface area contributed by atoms with Crippen LogP contribution in [-0.4, -0.2) is 53.4 Å². The second-order valence-corrected chi connectivity index (χ2v) is 7.85. The molecule has 25 heavy (non-hydrogen) atoms. The van der Waals surface area contributed by atoms with Gasteiger partial charge in [0.15, 0.2) is 0 Å². The van der Waals surface area contributed by atoms with Crippen LogP contribution >= 0.6 is 0 Å². The van der Waals surface area contributed by atoms with Crippen molar-refractivity contribution in [1.82, 2.24) is 14.8 Å². The van der Waals surface area contributed by atoms with Gasteiger partial charge in [-0.05, 0) is 38.6 Å². The first-order chi connectivity index (χ1) is 12.0. The Morgan fingerprint density at radius 3 is 2.40 bits per heavy atom. The lowest BCUT2D eigenvalue weighted by molar-refractivity contribution is -0.136. The molecule has 2 aliphatic rings. The molecular weight excluding hydrogens is 316 g/mol. The number of piperazine rings is 1. The molecule has 1 aliphatic heterocycles. The third-order valence-corrected chi connectivity index (χ3v) is 6.03. The Morgan fingerprint density at radius 2 is 1.84 bits per heavy atom. The summed E-state index contributed by atoms with van der Waals surface area (Å²) in [6, 6.07) is 0. The number of rotatable bonds is 5. The molecule has 2 heterocycles. The van der Waals surface area contributed by atoms with Crippen molar-refractivity contribution in [3.63, 3.8) is 0 Å². The molecule has 6 nitrogen and oxygen atoms in total. The molecule has 1 aromatic rings. The Morgan fingerprint density at radius 1 is 1.16 bits per heavy atom. The van der Waals surface area contributed by atoms with E-state index in [9.17, 15) is 4.79 Å². The molecule has 2 fully saturated rings. The highest BCUT2D eigenvalue weighted by molar-refractivity contribution is 5.77. The first-order valence-electron chi connectivity index (χ1n) is 9.64. The predicted octanol–water partition coefficient (Wildman–Crippen LogP) is 2.23. The average molecular weight is 348 g/mol. The molecule has 0 spiro atoms. The van der Waals surface area contributed by atoms with Crippen LogP contribution in [-0.2, 0) is 11.3 Å². The minimum atomic E-state index is 0.0552. The average Bonchev–Trinajstić information content (AvgIpc) is 2.93. The van der Waals surface area contributed by atoms with Crippen molar-refractivity contribution < 1.29 is 9.21 Å². The molecule has 1 aliphatic carbocycles. The topological polar surface area (TPSA) is 75.6 Å². The van der Waals surface area contributed by atoms with Crippen LogP contribution in [0.2, 0.25) is 0 Å². The summed E-state index contributed by atoms with van der Waals surface area (Å²) in [5.74, 6) is 1.96. The Kier molecular flexibility index (Phi) is 5.79. The van der Waals surface area contributed by atoms with E-state index in [1.165, 1.54) is 19.3 Å². The van der Waals surface area contributed by atoms with E-state index < -0.39 is 0 Å². The minimum Gasteiger partial charge on any atom is -0.444 e. The Hall–Kier alpha value is -1.40. The normalized spacial score (nSPS) is 21.5. The van der Waals surface area contributed by atoms with Gasteiger partial charge in [0.1, 0.15) is 5.76 Å². The van der Waals surface area contributed by atoms with Crippen molar-refractivity contribution in [2.75, 3.05) is 32.7 Å². The summed E-state index contributed by atoms with van der Waals surface area (Å²) in [6.07, 6.45) is 6.56. The number of aryl methyl sites for hydroxylation is 2. The highest BCUT2D eigenvalue weighted by Gasteiger charge is 2.35. The molecule has 0 unspecified atom stereocenters. The molecule has 6 heteroatoms. The smallest absolute Gasteiger partial charge is 0.223 e. The van der Waals surface area contributed by atoms with Gasteiger partial charge in [-0.25, -0.2) is 4.98 Å². The van der Waals surface area contributed by atoms with Gasteiger partial charge in [-0.2, -0.15) is 0 Å². The summed E-state index contributed by atoms with van der Waals surface area (Å²) in [7, 11) is 0. The van der Waals surface area contributed by atoms with E-state index in [0.717, 1.165) is 62.9 Å². The molecule has 1 saturated heterocycles. The van der Waals surface area contributed by atoms with Crippen LogP contribution in [0.3, 0.4) is 0 Å². The van der Waals surface area contributed by atoms with Gasteiger partial charge in [-0.3, -0.25) is 9.69 Å². The van der Waals surface area contributed by atoms with Crippen LogP contribution in [0.25, 0.3) is 0 Å². The van der Waals surface area contributed by atoms with Gasteiger partial charge < -0.3 is 15.1 Å². The number of nitrogens with zero attached hydrogens (tertiary/aromatic N) is 3. The van der Waals surface area contributed by atoms with Crippen LogP contribution in [0.1, 0.15) is 55.9 Å². The van der Waals surface area contributed by atoms with Crippen LogP contribution < -0.4 is 5.73 Å². The lowest BCUT2D eigenvalue weighted by Gasteiger charge is -2.39. The summed E-state index contributed by atoms with van der Waals surface area (Å²) in [5, 5.41) is 0. The summed E-state index contributed by atoms with van der Waals surface area (Å²) >= 11 is 0.